The third kappa shape index (κ3) is 9.88. The number of rotatable bonds is 18. The lowest BCUT2D eigenvalue weighted by molar-refractivity contribution is 0.0412. The van der Waals surface area contributed by atoms with Crippen LogP contribution >= 0.6 is 11.6 Å². The van der Waals surface area contributed by atoms with Crippen LogP contribution in [0.25, 0.3) is 11.1 Å². The molecule has 0 spiro atoms. The Kier molecular flexibility index (Phi) is 14.0. The van der Waals surface area contributed by atoms with Crippen molar-refractivity contribution in [3.8, 4) is 28.7 Å². The van der Waals surface area contributed by atoms with E-state index in [9.17, 15) is 25.7 Å². The van der Waals surface area contributed by atoms with Crippen molar-refractivity contribution in [2.24, 2.45) is 0 Å². The van der Waals surface area contributed by atoms with Gasteiger partial charge >= 0.3 is 0 Å². The smallest absolute Gasteiger partial charge is 0.142 e. The van der Waals surface area contributed by atoms with E-state index in [1.165, 1.54) is 22.9 Å². The quantitative estimate of drug-likeness (QED) is 0.0861. The van der Waals surface area contributed by atoms with Gasteiger partial charge in [0, 0.05) is 49.2 Å². The molecule has 4 aromatic rings. The van der Waals surface area contributed by atoms with Gasteiger partial charge in [0.15, 0.2) is 0 Å². The molecular weight excluding hydrogens is 680 g/mol. The van der Waals surface area contributed by atoms with Gasteiger partial charge in [-0.05, 0) is 91.6 Å². The predicted molar refractivity (Wildman–Crippen MR) is 201 cm³/mol. The van der Waals surface area contributed by atoms with Crippen molar-refractivity contribution >= 4 is 11.6 Å². The summed E-state index contributed by atoms with van der Waals surface area (Å²) in [6, 6.07) is 19.9. The first-order valence-corrected chi connectivity index (χ1v) is 18.1. The molecule has 0 bridgehead atoms. The van der Waals surface area contributed by atoms with Gasteiger partial charge in [-0.15, -0.1) is 0 Å². The van der Waals surface area contributed by atoms with Gasteiger partial charge in [0.1, 0.15) is 30.8 Å². The standard InChI is InChI=1S/C41H49ClN4O6/c1-28-32(7-3-4-13-46-14-12-35(50)22-46)8-5-10-36(28)37-11-6-9-33(29(37)2)24-52-40-17-39(51-23-31-15-30(18-43)19-44-20-31)34(16-38(40)42)21-45-41(25-47,26-48)27-49/h5-6,8-11,15-17,19-20,35,45,47-50H,3-4,7,12-14,21-27H2,1-2H3/t35-/m1/s1. The number of aliphatic hydroxyl groups excluding tert-OH is 4. The number of hydrogen-bond acceptors (Lipinski definition) is 10. The van der Waals surface area contributed by atoms with Crippen molar-refractivity contribution in [3.63, 3.8) is 0 Å². The summed E-state index contributed by atoms with van der Waals surface area (Å²) in [6.45, 7) is 6.16. The van der Waals surface area contributed by atoms with Gasteiger partial charge in [0.05, 0.1) is 42.0 Å². The molecule has 2 heterocycles. The van der Waals surface area contributed by atoms with E-state index in [4.69, 9.17) is 21.1 Å². The highest BCUT2D eigenvalue weighted by Crippen LogP contribution is 2.36. The molecule has 0 amide bonds. The first-order chi connectivity index (χ1) is 25.2. The summed E-state index contributed by atoms with van der Waals surface area (Å²) in [4.78, 5) is 6.47. The van der Waals surface area contributed by atoms with E-state index in [1.807, 2.05) is 12.1 Å². The number of β-amino-alcohol motifs (C(OH)–C–C–N with tert-alkyl or cyclic N) is 1. The van der Waals surface area contributed by atoms with Gasteiger partial charge in [-0.25, -0.2) is 0 Å². The van der Waals surface area contributed by atoms with E-state index in [1.54, 1.807) is 24.4 Å². The van der Waals surface area contributed by atoms with Crippen LogP contribution in [0.4, 0.5) is 0 Å². The van der Waals surface area contributed by atoms with Crippen molar-refractivity contribution in [1.82, 2.24) is 15.2 Å². The number of likely N-dealkylation sites (tertiary alicyclic amines) is 1. The molecule has 1 aliphatic rings. The van der Waals surface area contributed by atoms with E-state index in [0.717, 1.165) is 62.0 Å². The third-order valence-electron chi connectivity index (χ3n) is 9.98. The molecule has 276 valence electrons. The number of nitrogens with one attached hydrogen (secondary N) is 1. The van der Waals surface area contributed by atoms with Gasteiger partial charge in [0.25, 0.3) is 0 Å². The molecule has 52 heavy (non-hydrogen) atoms. The zero-order chi connectivity index (χ0) is 37.1. The van der Waals surface area contributed by atoms with E-state index in [-0.39, 0.29) is 25.9 Å². The number of aliphatic hydroxyl groups is 4. The lowest BCUT2D eigenvalue weighted by Crippen LogP contribution is -2.54. The number of benzene rings is 3. The summed E-state index contributed by atoms with van der Waals surface area (Å²) < 4.78 is 12.5. The van der Waals surface area contributed by atoms with Gasteiger partial charge < -0.3 is 40.1 Å². The van der Waals surface area contributed by atoms with E-state index in [0.29, 0.717) is 33.2 Å². The van der Waals surface area contributed by atoms with E-state index < -0.39 is 25.4 Å². The molecule has 1 aromatic heterocycles. The first kappa shape index (κ1) is 39.2. The summed E-state index contributed by atoms with van der Waals surface area (Å²) in [6.07, 6.45) is 7.01. The number of nitriles is 1. The molecule has 10 nitrogen and oxygen atoms in total. The summed E-state index contributed by atoms with van der Waals surface area (Å²) in [5.41, 5.74) is 7.51. The Morgan fingerprint density at radius 2 is 1.60 bits per heavy atom. The number of nitrogens with zero attached hydrogens (tertiary/aromatic N) is 3. The zero-order valence-corrected chi connectivity index (χ0v) is 30.7. The molecular formula is C41H49ClN4O6. The Hall–Kier alpha value is -4.05. The minimum atomic E-state index is -1.30. The van der Waals surface area contributed by atoms with E-state index in [2.05, 4.69) is 59.4 Å². The Bertz CT molecular complexity index is 1830. The summed E-state index contributed by atoms with van der Waals surface area (Å²) in [5, 5.41) is 52.0. The van der Waals surface area contributed by atoms with Crippen molar-refractivity contribution in [1.29, 1.82) is 5.26 Å². The van der Waals surface area contributed by atoms with Crippen LogP contribution in [0.5, 0.6) is 11.5 Å². The van der Waals surface area contributed by atoms with Crippen LogP contribution < -0.4 is 14.8 Å². The molecule has 1 atom stereocenters. The number of pyridine rings is 1. The highest BCUT2D eigenvalue weighted by molar-refractivity contribution is 6.32. The summed E-state index contributed by atoms with van der Waals surface area (Å²) in [5.74, 6) is 0.849. The number of unbranched alkanes of at least 4 members (excludes halogenated alkanes) is 1. The molecule has 0 aliphatic carbocycles. The minimum Gasteiger partial charge on any atom is -0.488 e. The van der Waals surface area contributed by atoms with Crippen LogP contribution in [0.15, 0.2) is 67.0 Å². The molecule has 0 saturated carbocycles. The van der Waals surface area contributed by atoms with Gasteiger partial charge in [-0.3, -0.25) is 4.98 Å². The lowest BCUT2D eigenvalue weighted by atomic mass is 9.90. The number of halogens is 1. The molecule has 1 saturated heterocycles. The second-order valence-electron chi connectivity index (χ2n) is 13.6. The fourth-order valence-corrected chi connectivity index (χ4v) is 6.79. The van der Waals surface area contributed by atoms with Crippen LogP contribution in [0.3, 0.4) is 0 Å². The maximum atomic E-state index is 9.83. The monoisotopic (exact) mass is 728 g/mol. The highest BCUT2D eigenvalue weighted by Gasteiger charge is 2.28. The summed E-state index contributed by atoms with van der Waals surface area (Å²) in [7, 11) is 0. The molecule has 0 unspecified atom stereocenters. The Balaban J connectivity index is 1.32. The Morgan fingerprint density at radius 1 is 0.904 bits per heavy atom. The second-order valence-corrected chi connectivity index (χ2v) is 14.1. The fourth-order valence-electron chi connectivity index (χ4n) is 6.55. The van der Waals surface area contributed by atoms with Crippen LogP contribution in [-0.2, 0) is 26.2 Å². The molecule has 3 aromatic carbocycles. The number of aryl methyl sites for hydroxylation is 1. The maximum absolute atomic E-state index is 9.83. The third-order valence-corrected chi connectivity index (χ3v) is 10.3. The largest absolute Gasteiger partial charge is 0.488 e. The van der Waals surface area contributed by atoms with Crippen molar-refractivity contribution < 1.29 is 29.9 Å². The average Bonchev–Trinajstić information content (AvgIpc) is 3.59. The average molecular weight is 729 g/mol. The normalized spacial score (nSPS) is 14.8. The first-order valence-electron chi connectivity index (χ1n) is 17.8. The molecule has 11 heteroatoms. The molecule has 1 fully saturated rings. The second kappa shape index (κ2) is 18.6. The van der Waals surface area contributed by atoms with Gasteiger partial charge in [-0.1, -0.05) is 48.0 Å². The molecule has 1 aliphatic heterocycles. The highest BCUT2D eigenvalue weighted by atomic mass is 35.5. The van der Waals surface area contributed by atoms with Crippen LogP contribution in [0, 0.1) is 25.2 Å². The predicted octanol–water partition coefficient (Wildman–Crippen LogP) is 5.24. The van der Waals surface area contributed by atoms with E-state index >= 15 is 0 Å². The fraction of sp³-hybridized carbons (Fsp3) is 0.415. The maximum Gasteiger partial charge on any atom is 0.142 e. The van der Waals surface area contributed by atoms with Crippen LogP contribution in [0.1, 0.15) is 58.2 Å². The van der Waals surface area contributed by atoms with Crippen LogP contribution in [-0.4, -0.2) is 81.4 Å². The van der Waals surface area contributed by atoms with Gasteiger partial charge in [0.2, 0.25) is 0 Å². The SMILES string of the molecule is Cc1c(CCCCN2CC[C@@H](O)C2)cccc1-c1cccc(COc2cc(OCc3cncc(C#N)c3)c(CNC(CO)(CO)CO)cc2Cl)c1C. The molecule has 5 N–H and O–H groups in total. The number of hydrogen-bond donors (Lipinski definition) is 5. The Labute approximate surface area is 311 Å². The molecule has 0 radical (unpaired) electrons. The van der Waals surface area contributed by atoms with Crippen molar-refractivity contribution in [3.05, 3.63) is 111 Å². The number of ether oxygens (including phenoxy) is 2. The van der Waals surface area contributed by atoms with Gasteiger partial charge in [-0.2, -0.15) is 5.26 Å². The van der Waals surface area contributed by atoms with Crippen molar-refractivity contribution in [2.75, 3.05) is 39.5 Å². The summed E-state index contributed by atoms with van der Waals surface area (Å²) >= 11 is 6.76. The zero-order valence-electron chi connectivity index (χ0n) is 29.9. The molecule has 5 rings (SSSR count). The topological polar surface area (TPSA) is 151 Å². The Morgan fingerprint density at radius 3 is 2.27 bits per heavy atom. The number of aromatic nitrogens is 1. The lowest BCUT2D eigenvalue weighted by Gasteiger charge is -2.29. The minimum absolute atomic E-state index is 0.115. The van der Waals surface area contributed by atoms with Crippen LogP contribution in [0.2, 0.25) is 5.02 Å². The van der Waals surface area contributed by atoms with Crippen molar-refractivity contribution in [2.45, 2.75) is 70.9 Å².